The Morgan fingerprint density at radius 1 is 0.676 bits per heavy atom. The molecule has 0 bridgehead atoms. The van der Waals surface area contributed by atoms with Crippen LogP contribution in [0.2, 0.25) is 5.28 Å². The van der Waals surface area contributed by atoms with Gasteiger partial charge in [0.25, 0.3) is 0 Å². The lowest BCUT2D eigenvalue weighted by molar-refractivity contribution is 0.0498. The fourth-order valence-corrected chi connectivity index (χ4v) is 11.6. The van der Waals surface area contributed by atoms with Gasteiger partial charge in [0.1, 0.15) is 22.9 Å². The SMILES string of the molecule is CC1(C)CC(Nc2nc(Cl)ncc2F)CC2CCCN21.CC1(C)Oc2ccc(N)cc2-n2nnnc21.CC1(C)Oc2ccc(Nc3ncc(F)c(NC4CC5CCCN5C(C)(C)C4)n3)cc2-n2nnnc21. The number of nitrogens with two attached hydrogens (primary N) is 1. The minimum atomic E-state index is -0.644. The number of nitrogens with zero attached hydrogens (tertiary/aromatic N) is 14. The first-order valence-corrected chi connectivity index (χ1v) is 24.6. The van der Waals surface area contributed by atoms with Crippen molar-refractivity contribution >= 4 is 40.6 Å². The van der Waals surface area contributed by atoms with Crippen LogP contribution in [0.3, 0.4) is 0 Å². The standard InChI is InChI=1S/C24H30FN9O.C14H20ClFN4.C10H11N5O/c1-23(2)12-15(10-16-6-5-9-33(16)23)27-20-17(25)13-26-22(29-20)28-14-7-8-19-18(11-14)34-21(30-31-32-34)24(3,4)35-19;1-14(2)7-9(6-10-4-3-5-20(10)14)18-12-11(16)8-17-13(15)19-12;1-10(2)9-12-13-14-15(9)7-5-6(11)3-4-8(7)16-10/h7-8,11,13,15-16H,5-6,9-10,12H2,1-4H3,(H2,26,27,28,29);8-10H,3-7H2,1-2H3,(H,17,18,19);3-5H,11H2,1-2H3. The van der Waals surface area contributed by atoms with Crippen LogP contribution in [0.5, 0.6) is 11.5 Å². The summed E-state index contributed by atoms with van der Waals surface area (Å²) in [7, 11) is 0. The smallest absolute Gasteiger partial charge is 0.229 e. The summed E-state index contributed by atoms with van der Waals surface area (Å²) in [6.07, 6.45) is 11.2. The summed E-state index contributed by atoms with van der Waals surface area (Å²) in [5, 5.41) is 33.5. The van der Waals surface area contributed by atoms with Crippen molar-refractivity contribution < 1.29 is 18.3 Å². The predicted octanol–water partition coefficient (Wildman–Crippen LogP) is 7.74. The zero-order chi connectivity index (χ0) is 50.0. The van der Waals surface area contributed by atoms with Crippen molar-refractivity contribution in [3.05, 3.63) is 77.4 Å². The van der Waals surface area contributed by atoms with Crippen LogP contribution in [0.15, 0.2) is 48.8 Å². The number of ether oxygens (including phenoxy) is 2. The Bertz CT molecular complexity index is 2930. The van der Waals surface area contributed by atoms with Crippen LogP contribution >= 0.6 is 11.6 Å². The number of rotatable bonds is 6. The maximum atomic E-state index is 14.7. The van der Waals surface area contributed by atoms with Crippen LogP contribution in [0.4, 0.5) is 37.7 Å². The van der Waals surface area contributed by atoms with E-state index >= 15 is 0 Å². The van der Waals surface area contributed by atoms with E-state index in [1.54, 1.807) is 21.5 Å². The van der Waals surface area contributed by atoms with E-state index in [-0.39, 0.29) is 40.1 Å². The van der Waals surface area contributed by atoms with Crippen LogP contribution in [0, 0.1) is 11.6 Å². The molecule has 0 amide bonds. The van der Waals surface area contributed by atoms with Crippen LogP contribution in [-0.2, 0) is 11.2 Å². The summed E-state index contributed by atoms with van der Waals surface area (Å²) in [5.41, 5.74) is 7.64. The third-order valence-corrected chi connectivity index (χ3v) is 14.6. The molecular weight excluding hydrogens is 934 g/mol. The van der Waals surface area contributed by atoms with Crippen molar-refractivity contribution in [3.63, 3.8) is 0 Å². The molecule has 0 spiro atoms. The Balaban J connectivity index is 0.000000136. The summed E-state index contributed by atoms with van der Waals surface area (Å²) in [6.45, 7) is 19.1. The number of fused-ring (bicyclic) bond motifs is 8. The molecule has 2 aromatic carbocycles. The molecule has 12 rings (SSSR count). The number of nitrogens with one attached hydrogen (secondary N) is 3. The number of nitrogen functional groups attached to an aromatic ring is 1. The van der Waals surface area contributed by atoms with Gasteiger partial charge in [-0.1, -0.05) is 0 Å². The van der Waals surface area contributed by atoms with Crippen LogP contribution in [-0.4, -0.2) is 118 Å². The average molecular weight is 996 g/mol. The predicted molar refractivity (Wildman–Crippen MR) is 263 cm³/mol. The van der Waals surface area contributed by atoms with Crippen LogP contribution in [0.1, 0.15) is 118 Å². The van der Waals surface area contributed by atoms with E-state index in [9.17, 15) is 8.78 Å². The van der Waals surface area contributed by atoms with Gasteiger partial charge in [0.15, 0.2) is 46.1 Å². The Labute approximate surface area is 415 Å². The van der Waals surface area contributed by atoms with Crippen molar-refractivity contribution in [2.45, 2.75) is 153 Å². The minimum absolute atomic E-state index is 0.0754. The Morgan fingerprint density at radius 2 is 1.18 bits per heavy atom. The Morgan fingerprint density at radius 3 is 1.75 bits per heavy atom. The molecule has 23 heteroatoms. The van der Waals surface area contributed by atoms with Gasteiger partial charge in [-0.3, -0.25) is 9.80 Å². The van der Waals surface area contributed by atoms with E-state index in [0.717, 1.165) is 49.9 Å². The van der Waals surface area contributed by atoms with Crippen LogP contribution < -0.4 is 31.2 Å². The third-order valence-electron chi connectivity index (χ3n) is 14.5. The Hall–Kier alpha value is -6.39. The maximum Gasteiger partial charge on any atom is 0.229 e. The molecule has 0 radical (unpaired) electrons. The van der Waals surface area contributed by atoms with Crippen molar-refractivity contribution in [1.29, 1.82) is 0 Å². The Kier molecular flexibility index (Phi) is 12.5. The van der Waals surface area contributed by atoms with Crippen molar-refractivity contribution in [3.8, 4) is 22.9 Å². The lowest BCUT2D eigenvalue weighted by Crippen LogP contribution is -2.55. The van der Waals surface area contributed by atoms with Gasteiger partial charge in [0, 0.05) is 46.6 Å². The number of benzene rings is 2. The minimum Gasteiger partial charge on any atom is -0.478 e. The number of hydrogen-bond donors (Lipinski definition) is 4. The number of aromatic nitrogens is 12. The van der Waals surface area contributed by atoms with E-state index in [0.29, 0.717) is 52.5 Å². The van der Waals surface area contributed by atoms with E-state index in [4.69, 9.17) is 26.8 Å². The molecule has 4 saturated heterocycles. The molecule has 0 aliphatic carbocycles. The lowest BCUT2D eigenvalue weighted by Gasteiger charge is -2.47. The second kappa shape index (κ2) is 18.3. The fourth-order valence-electron chi connectivity index (χ4n) is 11.5. The number of anilines is 5. The monoisotopic (exact) mass is 994 g/mol. The summed E-state index contributed by atoms with van der Waals surface area (Å²) in [6, 6.07) is 12.5. The second-order valence-corrected chi connectivity index (χ2v) is 21.8. The molecule has 6 aromatic rings. The summed E-state index contributed by atoms with van der Waals surface area (Å²) >= 11 is 5.74. The van der Waals surface area contributed by atoms with Gasteiger partial charge in [-0.25, -0.2) is 18.7 Å². The van der Waals surface area contributed by atoms with Gasteiger partial charge in [-0.2, -0.15) is 19.3 Å². The van der Waals surface area contributed by atoms with Crippen molar-refractivity contribution in [2.75, 3.05) is 34.8 Å². The first-order chi connectivity index (χ1) is 33.7. The third kappa shape index (κ3) is 9.72. The molecule has 20 nitrogen and oxygen atoms in total. The van der Waals surface area contributed by atoms with Gasteiger partial charge < -0.3 is 31.2 Å². The molecule has 6 aliphatic heterocycles. The molecule has 0 saturated carbocycles. The van der Waals surface area contributed by atoms with Gasteiger partial charge in [-0.15, -0.1) is 10.2 Å². The summed E-state index contributed by atoms with van der Waals surface area (Å²) in [4.78, 5) is 21.4. The average Bonchev–Trinajstić information content (AvgIpc) is 4.15. The van der Waals surface area contributed by atoms with Crippen molar-refractivity contribution in [1.82, 2.24) is 70.2 Å². The molecule has 4 aromatic heterocycles. The molecule has 4 atom stereocenters. The van der Waals surface area contributed by atoms with Gasteiger partial charge >= 0.3 is 0 Å². The second-order valence-electron chi connectivity index (χ2n) is 21.5. The molecule has 4 fully saturated rings. The quantitative estimate of drug-likeness (QED) is 0.0924. The van der Waals surface area contributed by atoms with Gasteiger partial charge in [-0.05, 0) is 189 Å². The first kappa shape index (κ1) is 48.2. The van der Waals surface area contributed by atoms with E-state index < -0.39 is 22.8 Å². The number of piperidine rings is 2. The molecule has 5 N–H and O–H groups in total. The number of hydrogen-bond acceptors (Lipinski definition) is 18. The van der Waals surface area contributed by atoms with E-state index in [2.05, 4.69) is 104 Å². The highest BCUT2D eigenvalue weighted by Crippen LogP contribution is 2.42. The zero-order valence-electron chi connectivity index (χ0n) is 41.3. The highest BCUT2D eigenvalue weighted by atomic mass is 35.5. The van der Waals surface area contributed by atoms with Crippen LogP contribution in [0.25, 0.3) is 11.4 Å². The maximum absolute atomic E-state index is 14.7. The molecule has 376 valence electrons. The van der Waals surface area contributed by atoms with Crippen molar-refractivity contribution in [2.24, 2.45) is 0 Å². The fraction of sp³-hybridized carbons (Fsp3) is 0.542. The van der Waals surface area contributed by atoms with Gasteiger partial charge in [0.05, 0.1) is 12.4 Å². The van der Waals surface area contributed by atoms with E-state index in [1.165, 1.54) is 38.4 Å². The summed E-state index contributed by atoms with van der Waals surface area (Å²) in [5.74, 6) is 2.54. The molecule has 6 aliphatic rings. The highest BCUT2D eigenvalue weighted by molar-refractivity contribution is 6.28. The topological polar surface area (TPSA) is 226 Å². The number of halogens is 3. The zero-order valence-corrected chi connectivity index (χ0v) is 42.0. The largest absolute Gasteiger partial charge is 0.478 e. The molecule has 4 unspecified atom stereocenters. The molecule has 71 heavy (non-hydrogen) atoms. The number of tetrazole rings is 2. The highest BCUT2D eigenvalue weighted by Gasteiger charge is 2.45. The normalized spacial score (nSPS) is 23.8. The lowest BCUT2D eigenvalue weighted by atomic mass is 9.84. The summed E-state index contributed by atoms with van der Waals surface area (Å²) < 4.78 is 43.7. The van der Waals surface area contributed by atoms with Gasteiger partial charge in [0.2, 0.25) is 11.2 Å². The molecular formula is C48H61ClF2N18O2. The molecule has 10 heterocycles. The first-order valence-electron chi connectivity index (χ1n) is 24.3. The van der Waals surface area contributed by atoms with E-state index in [1.807, 2.05) is 52.0 Å².